The van der Waals surface area contributed by atoms with E-state index < -0.39 is 186 Å². The summed E-state index contributed by atoms with van der Waals surface area (Å²) in [5.74, 6) is -12.8. The standard InChI is InChI=1S/C103H135N19O20/c1-57(2)49-77-90(131)110-79(53-82(125)126)92(133)112-84(61(7)123)95(136)106-59(5)86(97(138)114-102(9,10)11)120-38-19-25-81(120)94(135)104-55-67-51-65(88(129)108-77)30-36-71(67)63-26-32-69(33-27-63)116-41-45-118(46-42-116)99(140)75-23-17-15-21-73(75)74-22-16-18-24-76(74)100(141)119-47-43-117(44-48-119)70-34-28-64(29-35-70)72-37-31-66-52-68(72)56-105-101(142)122-40-20-39-121(122)87(98(139)115-103(12,13)14)60(6)107-96(137)85(62(8)124)113-93(134)80(54-83(127)128)111-91(132)78(50-58(3)4)109-89(66)130/h15-18,21-24,26-37,51-52,57-62,77-81,84-87,123-124H,19-20,25,38-50,53-56H2,1-14H3,(H,104,135)(H,105,142)(H,106,136)(H,107,137)(H,108,129)(H,109,130)(H,110,131)(H,111,132)(H,112,133)(H,113,134)(H,114,138)(H,115,139)(H,125,126)(H,127,128)/t59-,60-,61+,62+,77-,78-,79-,80-,81-,84-,85-,86-,87?/m0/s1. The number of carbonyl (C=O) groups is 16. The Bertz CT molecular complexity index is 5340. The average molecular weight is 1960 g/mol. The van der Waals surface area contributed by atoms with Gasteiger partial charge in [0.1, 0.15) is 48.3 Å². The zero-order valence-electron chi connectivity index (χ0n) is 83.0. The third kappa shape index (κ3) is 27.0. The van der Waals surface area contributed by atoms with Gasteiger partial charge in [-0.15, -0.1) is 0 Å². The number of urea groups is 1. The van der Waals surface area contributed by atoms with Gasteiger partial charge >= 0.3 is 18.0 Å². The third-order valence-electron chi connectivity index (χ3n) is 26.0. The van der Waals surface area contributed by atoms with Crippen LogP contribution in [0.15, 0.2) is 133 Å². The van der Waals surface area contributed by atoms with Crippen LogP contribution in [0.2, 0.25) is 0 Å². The van der Waals surface area contributed by atoms with Crippen molar-refractivity contribution in [2.75, 3.05) is 81.8 Å². The van der Waals surface area contributed by atoms with E-state index in [-0.39, 0.29) is 80.3 Å². The molecule has 0 spiro atoms. The van der Waals surface area contributed by atoms with Crippen molar-refractivity contribution in [3.05, 3.63) is 167 Å². The number of hydrazine groups is 1. The van der Waals surface area contributed by atoms with E-state index in [0.29, 0.717) is 127 Å². The molecule has 6 heterocycles. The lowest BCUT2D eigenvalue weighted by atomic mass is 9.93. The fourth-order valence-electron chi connectivity index (χ4n) is 19.1. The van der Waals surface area contributed by atoms with Crippen molar-refractivity contribution < 1.29 is 97.1 Å². The summed E-state index contributed by atoms with van der Waals surface area (Å²) in [7, 11) is 0. The molecule has 6 aliphatic rings. The molecular weight excluding hydrogens is 1820 g/mol. The molecule has 13 atom stereocenters. The van der Waals surface area contributed by atoms with E-state index in [1.54, 1.807) is 157 Å². The van der Waals surface area contributed by atoms with Crippen LogP contribution in [0.4, 0.5) is 16.2 Å². The summed E-state index contributed by atoms with van der Waals surface area (Å²) in [5.41, 5.74) is 5.91. The molecule has 1 unspecified atom stereocenters. The summed E-state index contributed by atoms with van der Waals surface area (Å²) in [6.07, 6.45) is -3.74. The smallest absolute Gasteiger partial charge is 0.332 e. The van der Waals surface area contributed by atoms with Crippen LogP contribution in [0.3, 0.4) is 0 Å². The molecule has 0 radical (unpaired) electrons. The molecule has 39 heteroatoms. The molecule has 12 rings (SSSR count). The van der Waals surface area contributed by atoms with Crippen LogP contribution in [0, 0.1) is 11.8 Å². The van der Waals surface area contributed by atoms with Gasteiger partial charge in [0.05, 0.1) is 43.2 Å². The number of aliphatic carboxylic acids is 2. The molecule has 4 bridgehead atoms. The first-order chi connectivity index (χ1) is 67.2. The summed E-state index contributed by atoms with van der Waals surface area (Å²) in [6, 6.07) is 23.8. The van der Waals surface area contributed by atoms with Crippen LogP contribution in [0.5, 0.6) is 0 Å². The SMILES string of the molecule is CC(C)C[C@@H]1NC(=O)c2ccc(-c3ccc(N4CCN(C(=O)c5ccccc5-c5ccccc5C(=O)N5CCN(c6ccc(-c7ccc8cc7CNC(=O)[C@@H]7CCCN7[C@H](C(=O)NC(C)(C)C)[C@H](C)NC(=O)[C@H]([C@@H](C)O)NC(=O)[C@H](CC(=O)O)NC(=O)[C@H](CC(C)C)NC8=O)cc6)CC5)CC4)cc3)c(c2)CNC(=O)N2CCCN2C(C(=O)NC(C)(C)C)[C@H](C)NC(=O)[C@H]([C@@H](C)O)NC(=O)[C@H](CC(=O)O)NC1=O. The summed E-state index contributed by atoms with van der Waals surface area (Å²) in [6.45, 7) is 26.8. The lowest BCUT2D eigenvalue weighted by Crippen LogP contribution is -2.65. The maximum absolute atomic E-state index is 15.0. The lowest BCUT2D eigenvalue weighted by Gasteiger charge is -2.39. The molecule has 0 saturated carbocycles. The topological polar surface area (TPSA) is 521 Å². The van der Waals surface area contributed by atoms with Crippen LogP contribution in [-0.2, 0) is 65.8 Å². The number of fused-ring (bicyclic) bond motifs is 6. The van der Waals surface area contributed by atoms with Crippen LogP contribution >= 0.6 is 0 Å². The molecule has 4 saturated heterocycles. The van der Waals surface area contributed by atoms with Gasteiger partial charge in [0.2, 0.25) is 53.2 Å². The molecule has 39 nitrogen and oxygen atoms in total. The average Bonchev–Trinajstić information content (AvgIpc) is 0.936. The van der Waals surface area contributed by atoms with E-state index in [2.05, 4.69) is 73.6 Å². The maximum Gasteiger partial charge on any atom is 0.332 e. The summed E-state index contributed by atoms with van der Waals surface area (Å²) < 4.78 is 0. The normalized spacial score (nSPS) is 23.4. The lowest BCUT2D eigenvalue weighted by molar-refractivity contribution is -0.142. The van der Waals surface area contributed by atoms with Crippen LogP contribution in [0.25, 0.3) is 33.4 Å². The molecule has 16 N–H and O–H groups in total. The number of nitrogens with one attached hydrogen (secondary N) is 12. The molecule has 0 aromatic heterocycles. The molecule has 142 heavy (non-hydrogen) atoms. The van der Waals surface area contributed by atoms with Gasteiger partial charge < -0.3 is 104 Å². The van der Waals surface area contributed by atoms with Gasteiger partial charge in [-0.25, -0.2) is 9.80 Å². The predicted molar refractivity (Wildman–Crippen MR) is 529 cm³/mol. The number of rotatable bonds is 19. The van der Waals surface area contributed by atoms with Gasteiger partial charge in [0, 0.05) is 123 Å². The zero-order valence-corrected chi connectivity index (χ0v) is 83.0. The number of aliphatic hydroxyl groups excluding tert-OH is 2. The van der Waals surface area contributed by atoms with Crippen LogP contribution < -0.4 is 73.6 Å². The minimum atomic E-state index is -1.80. The second-order valence-corrected chi connectivity index (χ2v) is 40.4. The third-order valence-corrected chi connectivity index (χ3v) is 26.0. The minimum absolute atomic E-state index is 0.0378. The Morgan fingerprint density at radius 1 is 0.401 bits per heavy atom. The molecular formula is C103H135N19O20. The number of carboxylic acid groups (broad SMARTS) is 2. The summed E-state index contributed by atoms with van der Waals surface area (Å²) in [4.78, 5) is 237. The second kappa shape index (κ2) is 46.7. The van der Waals surface area contributed by atoms with E-state index in [1.165, 1.54) is 25.8 Å². The first-order valence-corrected chi connectivity index (χ1v) is 48.7. The zero-order chi connectivity index (χ0) is 103. The largest absolute Gasteiger partial charge is 0.481 e. The fraction of sp³-hybridized carbons (Fsp3) is 0.495. The number of amides is 15. The van der Waals surface area contributed by atoms with Crippen molar-refractivity contribution in [2.45, 2.75) is 245 Å². The number of hydrogen-bond donors (Lipinski definition) is 16. The van der Waals surface area contributed by atoms with Crippen molar-refractivity contribution >= 4 is 106 Å². The van der Waals surface area contributed by atoms with Crippen molar-refractivity contribution in [1.82, 2.24) is 88.5 Å². The molecule has 15 amide bonds. The highest BCUT2D eigenvalue weighted by atomic mass is 16.4. The Labute approximate surface area is 826 Å². The van der Waals surface area contributed by atoms with Crippen molar-refractivity contribution in [3.8, 4) is 33.4 Å². The number of carboxylic acids is 2. The van der Waals surface area contributed by atoms with E-state index in [4.69, 9.17) is 0 Å². The molecule has 4 fully saturated rings. The molecule has 762 valence electrons. The van der Waals surface area contributed by atoms with Gasteiger partial charge in [-0.2, -0.15) is 0 Å². The molecule has 6 aromatic carbocycles. The highest BCUT2D eigenvalue weighted by molar-refractivity contribution is 6.07. The van der Waals surface area contributed by atoms with Crippen molar-refractivity contribution in [2.24, 2.45) is 11.8 Å². The Hall–Kier alpha value is -13.9. The number of carbonyl (C=O) groups excluding carboxylic acids is 14. The molecule has 6 aliphatic heterocycles. The minimum Gasteiger partial charge on any atom is -0.481 e. The van der Waals surface area contributed by atoms with Gasteiger partial charge in [-0.3, -0.25) is 81.8 Å². The number of nitrogens with zero attached hydrogens (tertiary/aromatic N) is 7. The number of aliphatic hydroxyl groups is 2. The fourth-order valence-corrected chi connectivity index (χ4v) is 19.1. The first kappa shape index (κ1) is 107. The van der Waals surface area contributed by atoms with E-state index >= 15 is 0 Å². The van der Waals surface area contributed by atoms with Gasteiger partial charge in [-0.05, 0) is 225 Å². The van der Waals surface area contributed by atoms with Crippen molar-refractivity contribution in [3.63, 3.8) is 0 Å². The highest BCUT2D eigenvalue weighted by Gasteiger charge is 2.47. The number of hydrogen-bond acceptors (Lipinski definition) is 22. The number of anilines is 2. The Balaban J connectivity index is 0.733. The van der Waals surface area contributed by atoms with Gasteiger partial charge in [0.25, 0.3) is 23.6 Å². The first-order valence-electron chi connectivity index (χ1n) is 48.7. The van der Waals surface area contributed by atoms with E-state index in [0.717, 1.165) is 11.4 Å². The van der Waals surface area contributed by atoms with Crippen molar-refractivity contribution in [1.29, 1.82) is 0 Å². The van der Waals surface area contributed by atoms with Crippen LogP contribution in [-0.4, -0.2) is 302 Å². The van der Waals surface area contributed by atoms with Gasteiger partial charge in [0.15, 0.2) is 0 Å². The summed E-state index contributed by atoms with van der Waals surface area (Å²) in [5, 5.41) is 77.6. The second-order valence-electron chi connectivity index (χ2n) is 40.4. The van der Waals surface area contributed by atoms with E-state index in [1.807, 2.05) is 72.8 Å². The molecule has 6 aromatic rings. The predicted octanol–water partition coefficient (Wildman–Crippen LogP) is 4.37. The van der Waals surface area contributed by atoms with Crippen LogP contribution in [0.1, 0.15) is 194 Å². The monoisotopic (exact) mass is 1960 g/mol. The quantitative estimate of drug-likeness (QED) is 0.0535. The van der Waals surface area contributed by atoms with E-state index in [9.17, 15) is 97.1 Å². The summed E-state index contributed by atoms with van der Waals surface area (Å²) >= 11 is 0. The Morgan fingerprint density at radius 2 is 0.789 bits per heavy atom. The molecule has 0 aliphatic carbocycles. The van der Waals surface area contributed by atoms with Gasteiger partial charge in [-0.1, -0.05) is 100 Å². The Kier molecular flexibility index (Phi) is 35.1. The highest BCUT2D eigenvalue weighted by Crippen LogP contribution is 2.36. The Morgan fingerprint density at radius 3 is 1.19 bits per heavy atom. The maximum atomic E-state index is 15.0. The number of piperazine rings is 2. The number of benzene rings is 6.